The van der Waals surface area contributed by atoms with Crippen LogP contribution in [0.4, 0.5) is 11.4 Å². The van der Waals surface area contributed by atoms with Gasteiger partial charge in [-0.2, -0.15) is 0 Å². The Bertz CT molecular complexity index is 990. The van der Waals surface area contributed by atoms with Crippen molar-refractivity contribution < 1.29 is 18.3 Å². The summed E-state index contributed by atoms with van der Waals surface area (Å²) in [5, 5.41) is 13.4. The Labute approximate surface area is 160 Å². The first kappa shape index (κ1) is 20.8. The van der Waals surface area contributed by atoms with Crippen LogP contribution in [-0.4, -0.2) is 25.7 Å². The van der Waals surface area contributed by atoms with Gasteiger partial charge in [-0.3, -0.25) is 9.52 Å². The molecule has 0 radical (unpaired) electrons. The third-order valence-electron chi connectivity index (χ3n) is 4.11. The van der Waals surface area contributed by atoms with E-state index in [0.717, 1.165) is 17.4 Å². The molecule has 7 heteroatoms. The molecule has 0 aliphatic rings. The zero-order chi connectivity index (χ0) is 20.6. The number of hydrogen-bond donors (Lipinski definition) is 3. The van der Waals surface area contributed by atoms with E-state index in [0.29, 0.717) is 11.3 Å². The molecule has 0 heterocycles. The molecule has 1 amide bonds. The Morgan fingerprint density at radius 1 is 1.07 bits per heavy atom. The number of amides is 1. The van der Waals surface area contributed by atoms with Gasteiger partial charge in [-0.15, -0.1) is 0 Å². The molecule has 3 N–H and O–H groups in total. The van der Waals surface area contributed by atoms with Crippen molar-refractivity contribution in [1.82, 2.24) is 0 Å². The van der Waals surface area contributed by atoms with Gasteiger partial charge in [0.25, 0.3) is 5.91 Å². The normalized spacial score (nSPS) is 11.9. The van der Waals surface area contributed by atoms with Crippen molar-refractivity contribution >= 4 is 27.3 Å². The van der Waals surface area contributed by atoms with Gasteiger partial charge in [0.15, 0.2) is 0 Å². The van der Waals surface area contributed by atoms with Crippen LogP contribution in [0.25, 0.3) is 0 Å². The molecule has 0 saturated heterocycles. The van der Waals surface area contributed by atoms with Crippen molar-refractivity contribution in [1.29, 1.82) is 0 Å². The van der Waals surface area contributed by atoms with Crippen LogP contribution in [0.15, 0.2) is 30.3 Å². The van der Waals surface area contributed by atoms with Crippen molar-refractivity contribution in [3.63, 3.8) is 0 Å². The van der Waals surface area contributed by atoms with E-state index < -0.39 is 15.9 Å². The summed E-state index contributed by atoms with van der Waals surface area (Å²) in [6, 6.07) is 8.49. The summed E-state index contributed by atoms with van der Waals surface area (Å²) in [6.45, 7) is 9.53. The van der Waals surface area contributed by atoms with Crippen LogP contribution in [-0.2, 0) is 15.4 Å². The summed E-state index contributed by atoms with van der Waals surface area (Å²) < 4.78 is 25.6. The maximum atomic E-state index is 12.9. The topological polar surface area (TPSA) is 95.5 Å². The molecule has 0 aliphatic heterocycles. The molecule has 0 fully saturated rings. The average Bonchev–Trinajstić information content (AvgIpc) is 2.47. The minimum Gasteiger partial charge on any atom is -0.505 e. The van der Waals surface area contributed by atoms with Crippen LogP contribution in [0, 0.1) is 13.8 Å². The summed E-state index contributed by atoms with van der Waals surface area (Å²) in [5.74, 6) is -0.493. The molecule has 2 rings (SSSR count). The molecular formula is C20H26N2O4S. The quantitative estimate of drug-likeness (QED) is 0.689. The average molecular weight is 391 g/mol. The molecule has 0 saturated carbocycles. The minimum atomic E-state index is -3.54. The number of aromatic hydroxyl groups is 1. The highest BCUT2D eigenvalue weighted by Gasteiger charge is 2.23. The van der Waals surface area contributed by atoms with Gasteiger partial charge in [-0.05, 0) is 42.5 Å². The van der Waals surface area contributed by atoms with E-state index in [-0.39, 0.29) is 22.4 Å². The Balaban J connectivity index is 2.49. The lowest BCUT2D eigenvalue weighted by atomic mass is 9.85. The highest BCUT2D eigenvalue weighted by atomic mass is 32.2. The van der Waals surface area contributed by atoms with E-state index in [9.17, 15) is 18.3 Å². The number of sulfonamides is 1. The fourth-order valence-electron chi connectivity index (χ4n) is 2.88. The first-order valence-corrected chi connectivity index (χ1v) is 10.4. The maximum absolute atomic E-state index is 12.9. The number of phenols is 1. The number of aryl methyl sites for hydroxylation is 2. The van der Waals surface area contributed by atoms with Gasteiger partial charge in [0.1, 0.15) is 5.75 Å². The Morgan fingerprint density at radius 2 is 1.70 bits per heavy atom. The predicted octanol–water partition coefficient (Wildman–Crippen LogP) is 3.93. The van der Waals surface area contributed by atoms with Crippen molar-refractivity contribution in [2.24, 2.45) is 0 Å². The van der Waals surface area contributed by atoms with Crippen LogP contribution in [0.5, 0.6) is 5.75 Å². The van der Waals surface area contributed by atoms with Gasteiger partial charge in [0.05, 0.1) is 23.2 Å². The Kier molecular flexibility index (Phi) is 5.56. The first-order chi connectivity index (χ1) is 12.3. The number of carbonyl (C=O) groups excluding carboxylic acids is 1. The smallest absolute Gasteiger partial charge is 0.258 e. The van der Waals surface area contributed by atoms with Gasteiger partial charge in [-0.25, -0.2) is 8.42 Å². The zero-order valence-electron chi connectivity index (χ0n) is 16.5. The molecule has 0 spiro atoms. The van der Waals surface area contributed by atoms with Gasteiger partial charge in [0, 0.05) is 5.56 Å². The van der Waals surface area contributed by atoms with Crippen LogP contribution >= 0.6 is 0 Å². The van der Waals surface area contributed by atoms with Gasteiger partial charge in [-0.1, -0.05) is 39.0 Å². The van der Waals surface area contributed by atoms with Crippen molar-refractivity contribution in [2.75, 3.05) is 16.3 Å². The van der Waals surface area contributed by atoms with Crippen LogP contribution in [0.2, 0.25) is 0 Å². The summed E-state index contributed by atoms with van der Waals surface area (Å²) in [5.41, 5.74) is 2.62. The predicted molar refractivity (Wildman–Crippen MR) is 109 cm³/mol. The molecule has 0 aromatic heterocycles. The second-order valence-electron chi connectivity index (χ2n) is 7.78. The van der Waals surface area contributed by atoms with Crippen LogP contribution in [0.3, 0.4) is 0 Å². The number of rotatable bonds is 4. The summed E-state index contributed by atoms with van der Waals surface area (Å²) >= 11 is 0. The second-order valence-corrected chi connectivity index (χ2v) is 9.53. The molecule has 2 aromatic rings. The third kappa shape index (κ3) is 5.01. The monoisotopic (exact) mass is 390 g/mol. The number of benzene rings is 2. The largest absolute Gasteiger partial charge is 0.505 e. The van der Waals surface area contributed by atoms with Crippen LogP contribution in [0.1, 0.15) is 47.8 Å². The van der Waals surface area contributed by atoms with Gasteiger partial charge in [0.2, 0.25) is 10.0 Å². The molecule has 0 bridgehead atoms. The highest BCUT2D eigenvalue weighted by Crippen LogP contribution is 2.37. The van der Waals surface area contributed by atoms with E-state index in [1.54, 1.807) is 25.1 Å². The highest BCUT2D eigenvalue weighted by molar-refractivity contribution is 7.92. The van der Waals surface area contributed by atoms with Crippen molar-refractivity contribution in [3.8, 4) is 5.75 Å². The number of phenolic OH excluding ortho intramolecular Hbond substituents is 1. The van der Waals surface area contributed by atoms with Crippen LogP contribution < -0.4 is 10.0 Å². The summed E-state index contributed by atoms with van der Waals surface area (Å²) in [4.78, 5) is 12.9. The summed E-state index contributed by atoms with van der Waals surface area (Å²) in [6.07, 6.45) is 1.03. The fraction of sp³-hybridized carbons (Fsp3) is 0.350. The minimum absolute atomic E-state index is 0.00709. The first-order valence-electron chi connectivity index (χ1n) is 8.52. The Hall–Kier alpha value is -2.54. The molecular weight excluding hydrogens is 364 g/mol. The number of anilines is 2. The number of hydrogen-bond acceptors (Lipinski definition) is 4. The second kappa shape index (κ2) is 7.23. The number of carbonyl (C=O) groups is 1. The van der Waals surface area contributed by atoms with Crippen molar-refractivity contribution in [3.05, 3.63) is 52.6 Å². The molecule has 2 aromatic carbocycles. The molecule has 27 heavy (non-hydrogen) atoms. The summed E-state index contributed by atoms with van der Waals surface area (Å²) in [7, 11) is -3.54. The molecule has 0 aliphatic carbocycles. The standard InChI is InChI=1S/C20H26N2O4S/c1-12-10-14(20(3,4)5)18(23)16(11-12)21-19(24)17-13(2)8-7-9-15(17)22-27(6,25)26/h7-11,22-23H,1-6H3,(H,21,24). The van der Waals surface area contributed by atoms with Crippen molar-refractivity contribution in [2.45, 2.75) is 40.0 Å². The van der Waals surface area contributed by atoms with E-state index in [2.05, 4.69) is 10.0 Å². The lowest BCUT2D eigenvalue weighted by Gasteiger charge is -2.23. The lowest BCUT2D eigenvalue weighted by Crippen LogP contribution is -2.19. The maximum Gasteiger partial charge on any atom is 0.258 e. The van der Waals surface area contributed by atoms with E-state index in [1.165, 1.54) is 6.07 Å². The molecule has 0 atom stereocenters. The molecule has 146 valence electrons. The molecule has 0 unspecified atom stereocenters. The van der Waals surface area contributed by atoms with Gasteiger partial charge < -0.3 is 10.4 Å². The zero-order valence-corrected chi connectivity index (χ0v) is 17.3. The van der Waals surface area contributed by atoms with E-state index in [1.807, 2.05) is 33.8 Å². The lowest BCUT2D eigenvalue weighted by molar-refractivity contribution is 0.102. The number of nitrogens with one attached hydrogen (secondary N) is 2. The SMILES string of the molecule is Cc1cc(NC(=O)c2c(C)cccc2NS(C)(=O)=O)c(O)c(C(C)(C)C)c1. The third-order valence-corrected chi connectivity index (χ3v) is 4.70. The van der Waals surface area contributed by atoms with E-state index >= 15 is 0 Å². The van der Waals surface area contributed by atoms with E-state index in [4.69, 9.17) is 0 Å². The fourth-order valence-corrected chi connectivity index (χ4v) is 3.45. The molecule has 6 nitrogen and oxygen atoms in total. The van der Waals surface area contributed by atoms with Gasteiger partial charge >= 0.3 is 0 Å². The Morgan fingerprint density at radius 3 is 2.26 bits per heavy atom.